The third-order valence-corrected chi connectivity index (χ3v) is 2.77. The third-order valence-electron chi connectivity index (χ3n) is 1.87. The Bertz CT molecular complexity index is 636. The van der Waals surface area contributed by atoms with Crippen LogP contribution >= 0.6 is 11.3 Å². The Balaban J connectivity index is 2.95. The molecule has 2 rings (SSSR count). The molecule has 7 heteroatoms. The number of ether oxygens (including phenoxy) is 1. The molecule has 0 atom stereocenters. The molecule has 0 aliphatic heterocycles. The summed E-state index contributed by atoms with van der Waals surface area (Å²) in [6.07, 6.45) is -0.816. The number of thiophene rings is 1. The van der Waals surface area contributed by atoms with Gasteiger partial charge in [-0.25, -0.2) is 9.59 Å². The maximum atomic E-state index is 11.4. The highest BCUT2D eigenvalue weighted by Crippen LogP contribution is 2.14. The van der Waals surface area contributed by atoms with Crippen molar-refractivity contribution in [1.29, 1.82) is 0 Å². The van der Waals surface area contributed by atoms with Crippen LogP contribution in [0.1, 0.15) is 0 Å². The number of nitrogens with one attached hydrogen (secondary N) is 1. The van der Waals surface area contributed by atoms with Crippen LogP contribution in [0.5, 0.6) is 0 Å². The van der Waals surface area contributed by atoms with Crippen molar-refractivity contribution in [3.05, 3.63) is 32.3 Å². The standard InChI is InChI=1S/C8H6N2O4S/c1-14-8(13)10-6-4(2-3-15-6)5(11)9-7(10)12/h2-3H,1H3,(H,9,11,12). The number of fused-ring (bicyclic) bond motifs is 1. The zero-order chi connectivity index (χ0) is 11.0. The molecule has 6 nitrogen and oxygen atoms in total. The molecule has 0 aliphatic carbocycles. The first-order chi connectivity index (χ1) is 7.15. The number of hydrogen-bond donors (Lipinski definition) is 1. The van der Waals surface area contributed by atoms with E-state index in [9.17, 15) is 14.4 Å². The van der Waals surface area contributed by atoms with Crippen molar-refractivity contribution in [2.75, 3.05) is 7.11 Å². The van der Waals surface area contributed by atoms with Crippen molar-refractivity contribution in [3.63, 3.8) is 0 Å². The molecule has 0 bridgehead atoms. The third kappa shape index (κ3) is 1.37. The summed E-state index contributed by atoms with van der Waals surface area (Å²) in [5, 5.41) is 1.92. The Morgan fingerprint density at radius 2 is 2.27 bits per heavy atom. The average molecular weight is 226 g/mol. The molecule has 0 amide bonds. The quantitative estimate of drug-likeness (QED) is 0.703. The van der Waals surface area contributed by atoms with Gasteiger partial charge in [0.1, 0.15) is 4.83 Å². The number of methoxy groups -OCH3 is 1. The number of H-pyrrole nitrogens is 1. The number of carbonyl (C=O) groups excluding carboxylic acids is 1. The maximum Gasteiger partial charge on any atom is 0.423 e. The lowest BCUT2D eigenvalue weighted by atomic mass is 10.4. The van der Waals surface area contributed by atoms with Crippen molar-refractivity contribution in [1.82, 2.24) is 9.55 Å². The SMILES string of the molecule is COC(=O)n1c(=O)[nH]c(=O)c2ccsc21. The van der Waals surface area contributed by atoms with Gasteiger partial charge in [-0.3, -0.25) is 9.78 Å². The van der Waals surface area contributed by atoms with Gasteiger partial charge >= 0.3 is 11.8 Å². The largest absolute Gasteiger partial charge is 0.452 e. The van der Waals surface area contributed by atoms with Crippen LogP contribution in [0, 0.1) is 0 Å². The Kier molecular flexibility index (Phi) is 2.16. The minimum Gasteiger partial charge on any atom is -0.452 e. The molecule has 1 N–H and O–H groups in total. The Morgan fingerprint density at radius 3 is 2.93 bits per heavy atom. The highest BCUT2D eigenvalue weighted by molar-refractivity contribution is 7.16. The van der Waals surface area contributed by atoms with E-state index in [-0.39, 0.29) is 4.83 Å². The van der Waals surface area contributed by atoms with Gasteiger partial charge in [0.15, 0.2) is 0 Å². The predicted molar refractivity (Wildman–Crippen MR) is 54.5 cm³/mol. The molecule has 0 aliphatic rings. The van der Waals surface area contributed by atoms with Gasteiger partial charge in [0.2, 0.25) is 0 Å². The van der Waals surface area contributed by atoms with E-state index in [1.165, 1.54) is 13.2 Å². The summed E-state index contributed by atoms with van der Waals surface area (Å²) in [4.78, 5) is 36.3. The fourth-order valence-electron chi connectivity index (χ4n) is 1.22. The molecule has 0 saturated heterocycles. The van der Waals surface area contributed by atoms with E-state index < -0.39 is 17.3 Å². The molecular formula is C8H6N2O4S. The number of carbonyl (C=O) groups is 1. The van der Waals surface area contributed by atoms with Gasteiger partial charge in [-0.15, -0.1) is 11.3 Å². The molecule has 2 aromatic rings. The number of hydrogen-bond acceptors (Lipinski definition) is 5. The molecule has 2 aromatic heterocycles. The Labute approximate surface area is 86.7 Å². The zero-order valence-electron chi connectivity index (χ0n) is 7.64. The van der Waals surface area contributed by atoms with Gasteiger partial charge in [-0.1, -0.05) is 0 Å². The Hall–Kier alpha value is -1.89. The maximum absolute atomic E-state index is 11.4. The molecule has 2 heterocycles. The van der Waals surface area contributed by atoms with Gasteiger partial charge in [0.05, 0.1) is 12.5 Å². The monoisotopic (exact) mass is 226 g/mol. The van der Waals surface area contributed by atoms with Gasteiger partial charge < -0.3 is 4.74 Å². The van der Waals surface area contributed by atoms with Crippen molar-refractivity contribution in [2.24, 2.45) is 0 Å². The minimum atomic E-state index is -0.816. The van der Waals surface area contributed by atoms with E-state index in [1.807, 2.05) is 4.98 Å². The predicted octanol–water partition coefficient (Wildman–Crippen LogP) is 0.366. The highest BCUT2D eigenvalue weighted by Gasteiger charge is 2.14. The number of aromatic amines is 1. The first kappa shape index (κ1) is 9.66. The van der Waals surface area contributed by atoms with Crippen LogP contribution in [0.25, 0.3) is 10.2 Å². The molecule has 0 radical (unpaired) electrons. The molecular weight excluding hydrogens is 220 g/mol. The Morgan fingerprint density at radius 1 is 1.53 bits per heavy atom. The second-order valence-electron chi connectivity index (χ2n) is 2.70. The summed E-state index contributed by atoms with van der Waals surface area (Å²) >= 11 is 1.13. The van der Waals surface area contributed by atoms with Crippen LogP contribution in [-0.4, -0.2) is 22.8 Å². The van der Waals surface area contributed by atoms with Crippen molar-refractivity contribution >= 4 is 27.6 Å². The first-order valence-corrected chi connectivity index (χ1v) is 4.84. The van der Waals surface area contributed by atoms with Crippen LogP contribution in [-0.2, 0) is 4.74 Å². The van der Waals surface area contributed by atoms with Gasteiger partial charge in [-0.05, 0) is 11.4 Å². The second-order valence-corrected chi connectivity index (χ2v) is 3.60. The van der Waals surface area contributed by atoms with Crippen LogP contribution in [0.3, 0.4) is 0 Å². The molecule has 15 heavy (non-hydrogen) atoms. The lowest BCUT2D eigenvalue weighted by molar-refractivity contribution is 0.173. The van der Waals surface area contributed by atoms with Crippen molar-refractivity contribution in [2.45, 2.75) is 0 Å². The van der Waals surface area contributed by atoms with Crippen LogP contribution in [0.4, 0.5) is 4.79 Å². The van der Waals surface area contributed by atoms with E-state index >= 15 is 0 Å². The molecule has 0 unspecified atom stereocenters. The van der Waals surface area contributed by atoms with Gasteiger partial charge in [-0.2, -0.15) is 4.57 Å². The zero-order valence-corrected chi connectivity index (χ0v) is 8.46. The van der Waals surface area contributed by atoms with E-state index in [0.717, 1.165) is 15.9 Å². The van der Waals surface area contributed by atoms with E-state index in [1.54, 1.807) is 5.38 Å². The van der Waals surface area contributed by atoms with Crippen molar-refractivity contribution in [3.8, 4) is 0 Å². The molecule has 0 spiro atoms. The summed E-state index contributed by atoms with van der Waals surface area (Å²) in [6, 6.07) is 1.54. The van der Waals surface area contributed by atoms with Crippen molar-refractivity contribution < 1.29 is 9.53 Å². The molecule has 0 saturated carbocycles. The smallest absolute Gasteiger partial charge is 0.423 e. The average Bonchev–Trinajstić information content (AvgIpc) is 2.66. The van der Waals surface area contributed by atoms with Crippen LogP contribution in [0.15, 0.2) is 21.0 Å². The summed E-state index contributed by atoms with van der Waals surface area (Å²) in [6.45, 7) is 0. The number of aromatic nitrogens is 2. The summed E-state index contributed by atoms with van der Waals surface area (Å²) in [5.41, 5.74) is -1.29. The first-order valence-electron chi connectivity index (χ1n) is 3.96. The minimum absolute atomic E-state index is 0.288. The lowest BCUT2D eigenvalue weighted by Crippen LogP contribution is -2.33. The summed E-state index contributed by atoms with van der Waals surface area (Å²) in [5.74, 6) is 0. The van der Waals surface area contributed by atoms with Gasteiger partial charge in [0, 0.05) is 0 Å². The van der Waals surface area contributed by atoms with Gasteiger partial charge in [0.25, 0.3) is 5.56 Å². The van der Waals surface area contributed by atoms with E-state index in [0.29, 0.717) is 5.39 Å². The molecule has 78 valence electrons. The topological polar surface area (TPSA) is 81.2 Å². The molecule has 0 aromatic carbocycles. The fourth-order valence-corrected chi connectivity index (χ4v) is 2.10. The number of rotatable bonds is 0. The highest BCUT2D eigenvalue weighted by atomic mass is 32.1. The second kappa shape index (κ2) is 3.35. The molecule has 0 fully saturated rings. The summed E-state index contributed by atoms with van der Waals surface area (Å²) in [7, 11) is 1.17. The van der Waals surface area contributed by atoms with Crippen LogP contribution < -0.4 is 11.2 Å². The van der Waals surface area contributed by atoms with Crippen LogP contribution in [0.2, 0.25) is 0 Å². The normalized spacial score (nSPS) is 10.5. The van der Waals surface area contributed by atoms with E-state index in [2.05, 4.69) is 4.74 Å². The lowest BCUT2D eigenvalue weighted by Gasteiger charge is -2.02. The number of nitrogens with zero attached hydrogens (tertiary/aromatic N) is 1. The summed E-state index contributed by atoms with van der Waals surface area (Å²) < 4.78 is 5.24. The van der Waals surface area contributed by atoms with E-state index in [4.69, 9.17) is 0 Å². The fraction of sp³-hybridized carbons (Fsp3) is 0.125.